The summed E-state index contributed by atoms with van der Waals surface area (Å²) in [7, 11) is -0.0866. The van der Waals surface area contributed by atoms with Crippen LogP contribution in [-0.4, -0.2) is 27.3 Å². The zero-order chi connectivity index (χ0) is 20.6. The number of amides is 1. The summed E-state index contributed by atoms with van der Waals surface area (Å²) in [6.07, 6.45) is -2.79. The Bertz CT molecular complexity index is 942. The molecule has 1 aliphatic rings. The maximum atomic E-state index is 13.4. The molecule has 0 bridgehead atoms. The monoisotopic (exact) mass is 419 g/mol. The Morgan fingerprint density at radius 1 is 1.43 bits per heavy atom. The standard InChI is InChI=1S/C17H17F4N3O3S/c1-3-9-8-27-15-13(28(26)23-9)7-24(2)14(15)16(25)22-10-4-5-12(18)11(6-10)17(19,20)21/h4-7,9,23H,3,8H2,1-2H3,(H,22,25). The van der Waals surface area contributed by atoms with Crippen LogP contribution >= 0.6 is 0 Å². The second kappa shape index (κ2) is 7.55. The van der Waals surface area contributed by atoms with Crippen LogP contribution in [-0.2, 0) is 24.2 Å². The van der Waals surface area contributed by atoms with E-state index in [2.05, 4.69) is 10.0 Å². The number of nitrogens with zero attached hydrogens (tertiary/aromatic N) is 1. The first-order valence-electron chi connectivity index (χ1n) is 8.30. The summed E-state index contributed by atoms with van der Waals surface area (Å²) in [6, 6.07) is 1.99. The lowest BCUT2D eigenvalue weighted by atomic mass is 10.1. The van der Waals surface area contributed by atoms with Crippen LogP contribution in [0.2, 0.25) is 0 Å². The van der Waals surface area contributed by atoms with Gasteiger partial charge >= 0.3 is 6.18 Å². The van der Waals surface area contributed by atoms with Gasteiger partial charge in [-0.3, -0.25) is 4.79 Å². The lowest BCUT2D eigenvalue weighted by Gasteiger charge is -2.14. The van der Waals surface area contributed by atoms with Crippen LogP contribution < -0.4 is 14.8 Å². The molecule has 0 radical (unpaired) electrons. The molecule has 1 amide bonds. The lowest BCUT2D eigenvalue weighted by molar-refractivity contribution is -0.139. The molecule has 2 heterocycles. The minimum absolute atomic E-state index is 0.000197. The Kier molecular flexibility index (Phi) is 5.48. The molecule has 0 fully saturated rings. The molecular formula is C17H17F4N3O3S. The molecule has 0 aliphatic carbocycles. The first-order valence-corrected chi connectivity index (χ1v) is 9.45. The molecule has 0 spiro atoms. The highest BCUT2D eigenvalue weighted by Crippen LogP contribution is 2.34. The molecule has 2 N–H and O–H groups in total. The number of aryl methyl sites for hydroxylation is 1. The first-order chi connectivity index (χ1) is 13.1. The molecule has 1 aromatic heterocycles. The van der Waals surface area contributed by atoms with Crippen molar-refractivity contribution in [2.45, 2.75) is 30.5 Å². The minimum Gasteiger partial charge on any atom is -0.488 e. The van der Waals surface area contributed by atoms with Gasteiger partial charge in [-0.15, -0.1) is 0 Å². The highest BCUT2D eigenvalue weighted by molar-refractivity contribution is 7.83. The van der Waals surface area contributed by atoms with E-state index in [1.54, 1.807) is 0 Å². The number of aromatic nitrogens is 1. The summed E-state index contributed by atoms with van der Waals surface area (Å²) in [5, 5.41) is 2.31. The third-order valence-corrected chi connectivity index (χ3v) is 5.48. The van der Waals surface area contributed by atoms with Crippen LogP contribution in [0.1, 0.15) is 29.4 Å². The molecule has 0 saturated heterocycles. The summed E-state index contributed by atoms with van der Waals surface area (Å²) >= 11 is 0. The van der Waals surface area contributed by atoms with Gasteiger partial charge < -0.3 is 14.6 Å². The quantitative estimate of drug-likeness (QED) is 0.751. The van der Waals surface area contributed by atoms with Crippen LogP contribution in [0.4, 0.5) is 23.2 Å². The van der Waals surface area contributed by atoms with Gasteiger partial charge in [0.1, 0.15) is 28.3 Å². The predicted molar refractivity (Wildman–Crippen MR) is 93.9 cm³/mol. The van der Waals surface area contributed by atoms with E-state index in [9.17, 15) is 26.6 Å². The number of halogens is 4. The van der Waals surface area contributed by atoms with Gasteiger partial charge in [0.15, 0.2) is 11.4 Å². The number of fused-ring (bicyclic) bond motifs is 1. The van der Waals surface area contributed by atoms with Crippen LogP contribution in [0.25, 0.3) is 0 Å². The SMILES string of the molecule is CCC1COc2c(cn(C)c2C(=O)Nc2ccc(F)c(C(F)(F)F)c2)S(=O)N1. The van der Waals surface area contributed by atoms with E-state index in [0.29, 0.717) is 18.6 Å². The second-order valence-corrected chi connectivity index (χ2v) is 7.44. The normalized spacial score (nSPS) is 19.5. The number of anilines is 1. The molecule has 2 unspecified atom stereocenters. The molecule has 2 atom stereocenters. The van der Waals surface area contributed by atoms with Gasteiger partial charge in [-0.25, -0.2) is 13.3 Å². The van der Waals surface area contributed by atoms with Crippen LogP contribution in [0, 0.1) is 5.82 Å². The van der Waals surface area contributed by atoms with Crippen molar-refractivity contribution in [3.63, 3.8) is 0 Å². The van der Waals surface area contributed by atoms with Crippen molar-refractivity contribution in [1.29, 1.82) is 0 Å². The summed E-state index contributed by atoms with van der Waals surface area (Å²) in [5.74, 6) is -2.11. The molecule has 152 valence electrons. The van der Waals surface area contributed by atoms with Gasteiger partial charge in [0, 0.05) is 18.9 Å². The van der Waals surface area contributed by atoms with Gasteiger partial charge in [-0.1, -0.05) is 6.92 Å². The van der Waals surface area contributed by atoms with Crippen molar-refractivity contribution in [2.75, 3.05) is 11.9 Å². The zero-order valence-corrected chi connectivity index (χ0v) is 15.7. The van der Waals surface area contributed by atoms with Gasteiger partial charge in [0.25, 0.3) is 5.91 Å². The van der Waals surface area contributed by atoms with E-state index in [4.69, 9.17) is 4.74 Å². The number of carbonyl (C=O) groups excluding carboxylic acids is 1. The van der Waals surface area contributed by atoms with E-state index in [1.165, 1.54) is 17.8 Å². The molecule has 6 nitrogen and oxygen atoms in total. The van der Waals surface area contributed by atoms with Crippen molar-refractivity contribution >= 4 is 22.6 Å². The largest absolute Gasteiger partial charge is 0.488 e. The van der Waals surface area contributed by atoms with Crippen molar-refractivity contribution in [2.24, 2.45) is 7.05 Å². The number of benzene rings is 1. The lowest BCUT2D eigenvalue weighted by Crippen LogP contribution is -2.33. The van der Waals surface area contributed by atoms with Crippen LogP contribution in [0.15, 0.2) is 29.3 Å². The summed E-state index contributed by atoms with van der Waals surface area (Å²) in [6.45, 7) is 2.06. The average Bonchev–Trinajstić information content (AvgIpc) is 2.87. The number of nitrogens with one attached hydrogen (secondary N) is 2. The third-order valence-electron chi connectivity index (χ3n) is 4.24. The van der Waals surface area contributed by atoms with Crippen molar-refractivity contribution in [1.82, 2.24) is 9.29 Å². The number of alkyl halides is 3. The van der Waals surface area contributed by atoms with Gasteiger partial charge in [-0.2, -0.15) is 13.2 Å². The Hall–Kier alpha value is -2.40. The Balaban J connectivity index is 1.92. The summed E-state index contributed by atoms with van der Waals surface area (Å²) < 4.78 is 74.4. The number of ether oxygens (including phenoxy) is 1. The zero-order valence-electron chi connectivity index (χ0n) is 14.9. The highest BCUT2D eigenvalue weighted by Gasteiger charge is 2.35. The van der Waals surface area contributed by atoms with E-state index < -0.39 is 34.4 Å². The minimum atomic E-state index is -4.90. The van der Waals surface area contributed by atoms with Crippen molar-refractivity contribution < 1.29 is 31.3 Å². The number of carbonyl (C=O) groups is 1. The van der Waals surface area contributed by atoms with Gasteiger partial charge in [0.2, 0.25) is 0 Å². The van der Waals surface area contributed by atoms with E-state index in [1.807, 2.05) is 6.92 Å². The molecular weight excluding hydrogens is 402 g/mol. The van der Waals surface area contributed by atoms with E-state index in [0.717, 1.165) is 6.07 Å². The first kappa shape index (κ1) is 20.3. The average molecular weight is 419 g/mol. The number of rotatable bonds is 3. The topological polar surface area (TPSA) is 72.4 Å². The summed E-state index contributed by atoms with van der Waals surface area (Å²) in [4.78, 5) is 12.9. The number of hydrogen-bond acceptors (Lipinski definition) is 3. The Labute approximate surface area is 160 Å². The molecule has 11 heteroatoms. The fourth-order valence-electron chi connectivity index (χ4n) is 2.76. The molecule has 28 heavy (non-hydrogen) atoms. The molecule has 3 rings (SSSR count). The van der Waals surface area contributed by atoms with Gasteiger partial charge in [0.05, 0.1) is 11.6 Å². The maximum absolute atomic E-state index is 13.4. The van der Waals surface area contributed by atoms with Crippen molar-refractivity contribution in [3.05, 3.63) is 41.5 Å². The Morgan fingerprint density at radius 3 is 2.79 bits per heavy atom. The Morgan fingerprint density at radius 2 is 2.14 bits per heavy atom. The third kappa shape index (κ3) is 3.90. The highest BCUT2D eigenvalue weighted by atomic mass is 32.2. The fraction of sp³-hybridized carbons (Fsp3) is 0.353. The molecule has 1 aliphatic heterocycles. The van der Waals surface area contributed by atoms with E-state index in [-0.39, 0.29) is 34.7 Å². The van der Waals surface area contributed by atoms with E-state index >= 15 is 0 Å². The predicted octanol–water partition coefficient (Wildman–Crippen LogP) is 3.22. The summed E-state index contributed by atoms with van der Waals surface area (Å²) in [5.41, 5.74) is -1.71. The number of hydrogen-bond donors (Lipinski definition) is 2. The van der Waals surface area contributed by atoms with Gasteiger partial charge in [-0.05, 0) is 24.6 Å². The van der Waals surface area contributed by atoms with Crippen molar-refractivity contribution in [3.8, 4) is 5.75 Å². The molecule has 0 saturated carbocycles. The maximum Gasteiger partial charge on any atom is 0.419 e. The van der Waals surface area contributed by atoms with Crippen LogP contribution in [0.5, 0.6) is 5.75 Å². The van der Waals surface area contributed by atoms with Crippen LogP contribution in [0.3, 0.4) is 0 Å². The molecule has 1 aromatic carbocycles. The molecule has 2 aromatic rings. The second-order valence-electron chi connectivity index (χ2n) is 6.23. The fourth-order valence-corrected chi connectivity index (χ4v) is 4.00. The smallest absolute Gasteiger partial charge is 0.419 e.